The van der Waals surface area contributed by atoms with E-state index in [0.29, 0.717) is 23.9 Å². The van der Waals surface area contributed by atoms with Crippen molar-refractivity contribution >= 4 is 5.95 Å². The van der Waals surface area contributed by atoms with E-state index in [4.69, 9.17) is 0 Å². The molecule has 0 aliphatic carbocycles. The highest BCUT2D eigenvalue weighted by molar-refractivity contribution is 5.55. The van der Waals surface area contributed by atoms with Gasteiger partial charge >= 0.3 is 0 Å². The third-order valence-electron chi connectivity index (χ3n) is 3.35. The molecular formula is C14H16N4O. The maximum Gasteiger partial charge on any atom is 0.255 e. The van der Waals surface area contributed by atoms with Gasteiger partial charge in [-0.05, 0) is 32.4 Å². The van der Waals surface area contributed by atoms with E-state index in [1.165, 1.54) is 0 Å². The minimum absolute atomic E-state index is 0.0337. The summed E-state index contributed by atoms with van der Waals surface area (Å²) in [6, 6.07) is 7.13. The average Bonchev–Trinajstić information content (AvgIpc) is 2.38. The third-order valence-corrected chi connectivity index (χ3v) is 3.35. The van der Waals surface area contributed by atoms with Gasteiger partial charge < -0.3 is 5.32 Å². The highest BCUT2D eigenvalue weighted by atomic mass is 16.1. The second-order valence-corrected chi connectivity index (χ2v) is 5.43. The quantitative estimate of drug-likeness (QED) is 0.846. The molecule has 2 aromatic rings. The van der Waals surface area contributed by atoms with Crippen molar-refractivity contribution in [2.45, 2.75) is 32.4 Å². The molecule has 5 heteroatoms. The van der Waals surface area contributed by atoms with E-state index in [9.17, 15) is 4.79 Å². The number of pyridine rings is 1. The van der Waals surface area contributed by atoms with Gasteiger partial charge in [-0.15, -0.1) is 0 Å². The Morgan fingerprint density at radius 3 is 2.89 bits per heavy atom. The average molecular weight is 256 g/mol. The molecule has 98 valence electrons. The third kappa shape index (κ3) is 2.23. The Labute approximate surface area is 111 Å². The van der Waals surface area contributed by atoms with Crippen LogP contribution in [0.1, 0.15) is 20.3 Å². The minimum Gasteiger partial charge on any atom is -0.351 e. The number of rotatable bonds is 1. The van der Waals surface area contributed by atoms with Gasteiger partial charge in [0.15, 0.2) is 0 Å². The predicted octanol–water partition coefficient (Wildman–Crippen LogP) is 1.90. The van der Waals surface area contributed by atoms with Crippen molar-refractivity contribution in [1.29, 1.82) is 0 Å². The van der Waals surface area contributed by atoms with E-state index in [-0.39, 0.29) is 11.1 Å². The Balaban J connectivity index is 2.11. The normalized spacial score (nSPS) is 16.5. The number of aromatic nitrogens is 3. The Bertz CT molecular complexity index is 661. The van der Waals surface area contributed by atoms with Crippen LogP contribution in [0, 0.1) is 0 Å². The molecule has 0 aromatic carbocycles. The Hall–Kier alpha value is -2.17. The molecule has 1 aliphatic rings. The fourth-order valence-electron chi connectivity index (χ4n) is 2.22. The fourth-order valence-corrected chi connectivity index (χ4v) is 2.22. The number of nitrogens with zero attached hydrogens (tertiary/aromatic N) is 3. The van der Waals surface area contributed by atoms with Gasteiger partial charge in [0.05, 0.1) is 11.4 Å². The molecule has 0 fully saturated rings. The molecule has 3 heterocycles. The molecule has 0 radical (unpaired) electrons. The second kappa shape index (κ2) is 4.19. The first-order valence-corrected chi connectivity index (χ1v) is 6.37. The zero-order valence-corrected chi connectivity index (χ0v) is 11.1. The molecule has 19 heavy (non-hydrogen) atoms. The van der Waals surface area contributed by atoms with Gasteiger partial charge in [-0.25, -0.2) is 4.98 Å². The summed E-state index contributed by atoms with van der Waals surface area (Å²) in [6.45, 7) is 4.91. The van der Waals surface area contributed by atoms with Crippen molar-refractivity contribution in [2.75, 3.05) is 5.32 Å². The van der Waals surface area contributed by atoms with Crippen LogP contribution in [-0.4, -0.2) is 20.1 Å². The van der Waals surface area contributed by atoms with Crippen LogP contribution in [0.15, 0.2) is 35.3 Å². The number of fused-ring (bicyclic) bond motifs is 1. The van der Waals surface area contributed by atoms with E-state index < -0.39 is 0 Å². The molecule has 5 nitrogen and oxygen atoms in total. The molecule has 1 N–H and O–H groups in total. The molecule has 1 aliphatic heterocycles. The standard InChI is InChI=1S/C14H16N4O/c1-14(2)6-8-18-12(19)9-11(16-13(18)17-14)10-5-3-4-7-15-10/h3-5,7,9H,6,8H2,1-2H3,(H,16,17). The van der Waals surface area contributed by atoms with E-state index in [2.05, 4.69) is 29.1 Å². The molecule has 0 bridgehead atoms. The van der Waals surface area contributed by atoms with Crippen molar-refractivity contribution in [1.82, 2.24) is 14.5 Å². The molecule has 0 unspecified atom stereocenters. The van der Waals surface area contributed by atoms with Gasteiger partial charge in [0.2, 0.25) is 5.95 Å². The summed E-state index contributed by atoms with van der Waals surface area (Å²) in [6.07, 6.45) is 2.61. The topological polar surface area (TPSA) is 59.8 Å². The van der Waals surface area contributed by atoms with Gasteiger partial charge in [-0.2, -0.15) is 0 Å². The van der Waals surface area contributed by atoms with Gasteiger partial charge in [0, 0.05) is 24.3 Å². The van der Waals surface area contributed by atoms with E-state index in [0.717, 1.165) is 6.42 Å². The fraction of sp³-hybridized carbons (Fsp3) is 0.357. The predicted molar refractivity (Wildman–Crippen MR) is 74.0 cm³/mol. The van der Waals surface area contributed by atoms with Gasteiger partial charge in [0.1, 0.15) is 0 Å². The van der Waals surface area contributed by atoms with E-state index >= 15 is 0 Å². The zero-order valence-electron chi connectivity index (χ0n) is 11.1. The molecular weight excluding hydrogens is 240 g/mol. The maximum absolute atomic E-state index is 12.1. The monoisotopic (exact) mass is 256 g/mol. The smallest absolute Gasteiger partial charge is 0.255 e. The molecule has 3 rings (SSSR count). The molecule has 0 spiro atoms. The van der Waals surface area contributed by atoms with Gasteiger partial charge in [-0.3, -0.25) is 14.3 Å². The Kier molecular flexibility index (Phi) is 2.62. The minimum atomic E-state index is -0.0395. The lowest BCUT2D eigenvalue weighted by Crippen LogP contribution is -2.42. The van der Waals surface area contributed by atoms with Gasteiger partial charge in [-0.1, -0.05) is 6.07 Å². The van der Waals surface area contributed by atoms with E-state index in [1.807, 2.05) is 18.2 Å². The van der Waals surface area contributed by atoms with Crippen LogP contribution in [0.4, 0.5) is 5.95 Å². The number of hydrogen-bond acceptors (Lipinski definition) is 4. The van der Waals surface area contributed by atoms with Crippen molar-refractivity contribution in [3.8, 4) is 11.4 Å². The van der Waals surface area contributed by atoms with Crippen molar-refractivity contribution in [3.63, 3.8) is 0 Å². The SMILES string of the molecule is CC1(C)CCn2c(nc(-c3ccccn3)cc2=O)N1. The van der Waals surface area contributed by atoms with Crippen molar-refractivity contribution in [3.05, 3.63) is 40.8 Å². The first-order valence-electron chi connectivity index (χ1n) is 6.37. The van der Waals surface area contributed by atoms with Crippen LogP contribution >= 0.6 is 0 Å². The van der Waals surface area contributed by atoms with Crippen molar-refractivity contribution in [2.24, 2.45) is 0 Å². The first-order chi connectivity index (χ1) is 9.05. The summed E-state index contributed by atoms with van der Waals surface area (Å²) >= 11 is 0. The van der Waals surface area contributed by atoms with Crippen LogP contribution < -0.4 is 10.9 Å². The van der Waals surface area contributed by atoms with Crippen LogP contribution in [0.3, 0.4) is 0 Å². The summed E-state index contributed by atoms with van der Waals surface area (Å²) in [7, 11) is 0. The Morgan fingerprint density at radius 2 is 2.16 bits per heavy atom. The number of hydrogen-bond donors (Lipinski definition) is 1. The lowest BCUT2D eigenvalue weighted by Gasteiger charge is -2.33. The summed E-state index contributed by atoms with van der Waals surface area (Å²) in [5, 5.41) is 3.31. The lowest BCUT2D eigenvalue weighted by atomic mass is 9.99. The summed E-state index contributed by atoms with van der Waals surface area (Å²) < 4.78 is 1.68. The van der Waals surface area contributed by atoms with Gasteiger partial charge in [0.25, 0.3) is 5.56 Å². The Morgan fingerprint density at radius 1 is 1.32 bits per heavy atom. The molecule has 2 aromatic heterocycles. The number of anilines is 1. The second-order valence-electron chi connectivity index (χ2n) is 5.43. The molecule has 0 saturated heterocycles. The van der Waals surface area contributed by atoms with Crippen LogP contribution in [0.5, 0.6) is 0 Å². The summed E-state index contributed by atoms with van der Waals surface area (Å²) in [5.74, 6) is 0.629. The summed E-state index contributed by atoms with van der Waals surface area (Å²) in [4.78, 5) is 20.9. The highest BCUT2D eigenvalue weighted by Crippen LogP contribution is 2.24. The van der Waals surface area contributed by atoms with Crippen LogP contribution in [0.2, 0.25) is 0 Å². The zero-order chi connectivity index (χ0) is 13.5. The molecule has 0 saturated carbocycles. The largest absolute Gasteiger partial charge is 0.351 e. The van der Waals surface area contributed by atoms with Crippen LogP contribution in [-0.2, 0) is 6.54 Å². The van der Waals surface area contributed by atoms with Crippen molar-refractivity contribution < 1.29 is 0 Å². The highest BCUT2D eigenvalue weighted by Gasteiger charge is 2.26. The summed E-state index contributed by atoms with van der Waals surface area (Å²) in [5.41, 5.74) is 1.26. The lowest BCUT2D eigenvalue weighted by molar-refractivity contribution is 0.423. The number of nitrogens with one attached hydrogen (secondary N) is 1. The maximum atomic E-state index is 12.1. The molecule has 0 atom stereocenters. The van der Waals surface area contributed by atoms with E-state index in [1.54, 1.807) is 16.8 Å². The molecule has 0 amide bonds. The van der Waals surface area contributed by atoms with Crippen LogP contribution in [0.25, 0.3) is 11.4 Å². The first kappa shape index (κ1) is 11.9.